The smallest absolute Gasteiger partial charge is 0.251 e. The number of nitrogens with zero attached hydrogens (tertiary/aromatic N) is 1. The maximum absolute atomic E-state index is 15.0. The third-order valence-electron chi connectivity index (χ3n) is 7.41. The highest BCUT2D eigenvalue weighted by atomic mass is 19.1. The SMILES string of the molecule is CC[C@@H]1NC(=O)CCCN(C(=O)[C@H]2CCCO2)CCCNC(=O)c2ccc(OC)c(c2)Oc2ccc(cc2F)CNC1=O. The summed E-state index contributed by atoms with van der Waals surface area (Å²) in [5.74, 6) is -1.46. The molecule has 2 aromatic carbocycles. The van der Waals surface area contributed by atoms with Crippen LogP contribution in [0.2, 0.25) is 0 Å². The Balaban J connectivity index is 1.54. The normalized spacial score (nSPS) is 20.9. The molecule has 1 saturated heterocycles. The highest BCUT2D eigenvalue weighted by molar-refractivity contribution is 5.95. The van der Waals surface area contributed by atoms with Crippen LogP contribution in [0.4, 0.5) is 4.39 Å². The molecule has 1 fully saturated rings. The van der Waals surface area contributed by atoms with Crippen LogP contribution in [0.25, 0.3) is 0 Å². The number of amides is 4. The van der Waals surface area contributed by atoms with Crippen molar-refractivity contribution in [2.45, 2.75) is 64.1 Å². The van der Waals surface area contributed by atoms with Gasteiger partial charge in [0.25, 0.3) is 11.8 Å². The standard InChI is InChI=1S/C31H39FN4O7/c1-3-23-30(39)34-19-20-9-11-24(22(32)17-20)43-27-18-21(10-12-25(27)41-2)29(38)33-13-6-15-36(14-4-8-28(37)35-23)31(40)26-7-5-16-42-26/h9-12,17-18,23,26H,3-8,13-16,19H2,1-2H3,(H,33,38)(H,34,39)(H,35,37)/t23-,26+/m0/s1. The number of benzene rings is 2. The second-order valence-electron chi connectivity index (χ2n) is 10.5. The van der Waals surface area contributed by atoms with E-state index in [-0.39, 0.29) is 53.7 Å². The van der Waals surface area contributed by atoms with Gasteiger partial charge in [-0.2, -0.15) is 0 Å². The first-order valence-electron chi connectivity index (χ1n) is 14.7. The van der Waals surface area contributed by atoms with Crippen molar-refractivity contribution in [3.05, 3.63) is 53.3 Å². The Morgan fingerprint density at radius 2 is 1.86 bits per heavy atom. The van der Waals surface area contributed by atoms with Gasteiger partial charge in [-0.05, 0) is 68.0 Å². The summed E-state index contributed by atoms with van der Waals surface area (Å²) in [6.07, 6.45) is 2.33. The lowest BCUT2D eigenvalue weighted by Gasteiger charge is -2.25. The van der Waals surface area contributed by atoms with Gasteiger partial charge in [-0.25, -0.2) is 4.39 Å². The molecule has 3 aliphatic heterocycles. The molecule has 4 amide bonds. The average molecular weight is 599 g/mol. The highest BCUT2D eigenvalue weighted by Crippen LogP contribution is 2.34. The monoisotopic (exact) mass is 598 g/mol. The van der Waals surface area contributed by atoms with Crippen molar-refractivity contribution in [2.75, 3.05) is 33.4 Å². The number of fused-ring (bicyclic) bond motifs is 16. The minimum atomic E-state index is -0.755. The van der Waals surface area contributed by atoms with Crippen molar-refractivity contribution in [2.24, 2.45) is 0 Å². The molecule has 0 unspecified atom stereocenters. The molecule has 3 aliphatic rings. The van der Waals surface area contributed by atoms with E-state index in [1.54, 1.807) is 30.0 Å². The summed E-state index contributed by atoms with van der Waals surface area (Å²) in [5.41, 5.74) is 0.784. The molecular weight excluding hydrogens is 559 g/mol. The van der Waals surface area contributed by atoms with E-state index in [1.807, 2.05) is 0 Å². The number of ether oxygens (including phenoxy) is 3. The molecule has 0 aliphatic carbocycles. The molecule has 12 heteroatoms. The zero-order chi connectivity index (χ0) is 30.8. The van der Waals surface area contributed by atoms with Gasteiger partial charge >= 0.3 is 0 Å². The van der Waals surface area contributed by atoms with E-state index >= 15 is 0 Å². The summed E-state index contributed by atoms with van der Waals surface area (Å²) in [6, 6.07) is 8.15. The highest BCUT2D eigenvalue weighted by Gasteiger charge is 2.28. The molecule has 2 atom stereocenters. The van der Waals surface area contributed by atoms with Gasteiger partial charge in [-0.3, -0.25) is 19.2 Å². The first-order valence-corrected chi connectivity index (χ1v) is 14.7. The Labute approximate surface area is 250 Å². The number of rotatable bonds is 3. The molecule has 43 heavy (non-hydrogen) atoms. The number of hydrogen-bond acceptors (Lipinski definition) is 7. The summed E-state index contributed by atoms with van der Waals surface area (Å²) in [6.45, 7) is 3.36. The summed E-state index contributed by atoms with van der Waals surface area (Å²) in [5, 5.41) is 8.34. The molecule has 4 bridgehead atoms. The van der Waals surface area contributed by atoms with Gasteiger partial charge in [0.15, 0.2) is 23.1 Å². The summed E-state index contributed by atoms with van der Waals surface area (Å²) < 4.78 is 31.7. The maximum Gasteiger partial charge on any atom is 0.251 e. The van der Waals surface area contributed by atoms with E-state index < -0.39 is 18.0 Å². The minimum absolute atomic E-state index is 0.0433. The van der Waals surface area contributed by atoms with E-state index in [4.69, 9.17) is 14.2 Å². The van der Waals surface area contributed by atoms with Gasteiger partial charge in [-0.15, -0.1) is 0 Å². The zero-order valence-corrected chi connectivity index (χ0v) is 24.6. The lowest BCUT2D eigenvalue weighted by Crippen LogP contribution is -2.46. The Hall–Kier alpha value is -4.19. The minimum Gasteiger partial charge on any atom is -0.493 e. The molecule has 3 heterocycles. The number of nitrogens with one attached hydrogen (secondary N) is 3. The van der Waals surface area contributed by atoms with Crippen LogP contribution >= 0.6 is 0 Å². The van der Waals surface area contributed by atoms with Crippen molar-refractivity contribution in [3.8, 4) is 17.2 Å². The number of hydrogen-bond donors (Lipinski definition) is 3. The van der Waals surface area contributed by atoms with Crippen molar-refractivity contribution in [3.63, 3.8) is 0 Å². The van der Waals surface area contributed by atoms with Crippen LogP contribution in [0.15, 0.2) is 36.4 Å². The molecular formula is C31H39FN4O7. The fourth-order valence-electron chi connectivity index (χ4n) is 5.00. The number of carbonyl (C=O) groups is 4. The first-order chi connectivity index (χ1) is 20.8. The van der Waals surface area contributed by atoms with Crippen LogP contribution in [0.1, 0.15) is 61.4 Å². The van der Waals surface area contributed by atoms with Crippen LogP contribution in [-0.4, -0.2) is 74.0 Å². The van der Waals surface area contributed by atoms with Crippen LogP contribution in [0.5, 0.6) is 17.2 Å². The Morgan fingerprint density at radius 1 is 1.05 bits per heavy atom. The molecule has 5 rings (SSSR count). The topological polar surface area (TPSA) is 135 Å². The van der Waals surface area contributed by atoms with Crippen LogP contribution in [0, 0.1) is 5.82 Å². The van der Waals surface area contributed by atoms with Crippen molar-refractivity contribution < 1.29 is 37.8 Å². The molecule has 3 N–H and O–H groups in total. The lowest BCUT2D eigenvalue weighted by molar-refractivity contribution is -0.141. The van der Waals surface area contributed by atoms with E-state index in [1.165, 1.54) is 25.3 Å². The van der Waals surface area contributed by atoms with Gasteiger partial charge in [-0.1, -0.05) is 13.0 Å². The second-order valence-corrected chi connectivity index (χ2v) is 10.5. The predicted molar refractivity (Wildman–Crippen MR) is 155 cm³/mol. The van der Waals surface area contributed by atoms with E-state index in [0.29, 0.717) is 63.2 Å². The van der Waals surface area contributed by atoms with Crippen molar-refractivity contribution >= 4 is 23.6 Å². The molecule has 0 spiro atoms. The Kier molecular flexibility index (Phi) is 11.3. The molecule has 0 saturated carbocycles. The maximum atomic E-state index is 15.0. The second kappa shape index (κ2) is 15.3. The zero-order valence-electron chi connectivity index (χ0n) is 24.6. The molecule has 0 radical (unpaired) electrons. The van der Waals surface area contributed by atoms with E-state index in [0.717, 1.165) is 6.42 Å². The van der Waals surface area contributed by atoms with E-state index in [2.05, 4.69) is 16.0 Å². The third-order valence-corrected chi connectivity index (χ3v) is 7.41. The first kappa shape index (κ1) is 31.7. The van der Waals surface area contributed by atoms with Crippen LogP contribution in [-0.2, 0) is 25.7 Å². The van der Waals surface area contributed by atoms with Gasteiger partial charge in [0.2, 0.25) is 11.8 Å². The lowest BCUT2D eigenvalue weighted by atomic mass is 10.1. The Morgan fingerprint density at radius 3 is 2.58 bits per heavy atom. The summed E-state index contributed by atoms with van der Waals surface area (Å²) in [7, 11) is 1.44. The number of halogens is 1. The summed E-state index contributed by atoms with van der Waals surface area (Å²) in [4.78, 5) is 53.2. The largest absolute Gasteiger partial charge is 0.493 e. The fourth-order valence-corrected chi connectivity index (χ4v) is 5.00. The van der Waals surface area contributed by atoms with E-state index in [9.17, 15) is 23.6 Å². The number of carbonyl (C=O) groups excluding carboxylic acids is 4. The van der Waals surface area contributed by atoms with Crippen LogP contribution in [0.3, 0.4) is 0 Å². The van der Waals surface area contributed by atoms with Crippen molar-refractivity contribution in [1.82, 2.24) is 20.9 Å². The molecule has 0 aromatic heterocycles. The molecule has 2 aromatic rings. The van der Waals surface area contributed by atoms with Gasteiger partial charge in [0.1, 0.15) is 12.1 Å². The molecule has 232 valence electrons. The Bertz CT molecular complexity index is 1320. The average Bonchev–Trinajstić information content (AvgIpc) is 3.55. The summed E-state index contributed by atoms with van der Waals surface area (Å²) >= 11 is 0. The quantitative estimate of drug-likeness (QED) is 0.494. The predicted octanol–water partition coefficient (Wildman–Crippen LogP) is 3.06. The van der Waals surface area contributed by atoms with Crippen molar-refractivity contribution in [1.29, 1.82) is 0 Å². The molecule has 11 nitrogen and oxygen atoms in total. The third kappa shape index (κ3) is 8.66. The van der Waals surface area contributed by atoms with Crippen LogP contribution < -0.4 is 25.4 Å². The fraction of sp³-hybridized carbons (Fsp3) is 0.484. The van der Waals surface area contributed by atoms with Gasteiger partial charge in [0, 0.05) is 44.8 Å². The van der Waals surface area contributed by atoms with Gasteiger partial charge < -0.3 is 35.1 Å². The van der Waals surface area contributed by atoms with Gasteiger partial charge in [0.05, 0.1) is 7.11 Å². The number of methoxy groups -OCH3 is 1.